The van der Waals surface area contributed by atoms with E-state index in [-0.39, 0.29) is 17.1 Å². The van der Waals surface area contributed by atoms with Gasteiger partial charge in [-0.05, 0) is 73.7 Å². The number of nitrogens with zero attached hydrogens (tertiary/aromatic N) is 4. The van der Waals surface area contributed by atoms with Crippen molar-refractivity contribution < 1.29 is 9.64 Å². The van der Waals surface area contributed by atoms with Gasteiger partial charge in [-0.3, -0.25) is 4.79 Å². The molecular formula is C23H33N6O2+. The quantitative estimate of drug-likeness (QED) is 0.631. The zero-order valence-corrected chi connectivity index (χ0v) is 19.1. The molecule has 0 aliphatic carbocycles. The van der Waals surface area contributed by atoms with Crippen LogP contribution in [0, 0.1) is 5.92 Å². The Morgan fingerprint density at radius 2 is 2.03 bits per heavy atom. The second-order valence-electron chi connectivity index (χ2n) is 9.40. The van der Waals surface area contributed by atoms with E-state index in [1.165, 1.54) is 4.90 Å². The highest BCUT2D eigenvalue weighted by atomic mass is 16.5. The van der Waals surface area contributed by atoms with Gasteiger partial charge in [0, 0.05) is 10.9 Å². The Kier molecular flexibility index (Phi) is 5.83. The molecule has 1 aromatic carbocycles. The number of hydrogen-bond acceptors (Lipinski definition) is 5. The second kappa shape index (κ2) is 8.42. The maximum Gasteiger partial charge on any atom is 0.258 e. The molecule has 1 fully saturated rings. The van der Waals surface area contributed by atoms with E-state index in [1.54, 1.807) is 7.11 Å². The third-order valence-corrected chi connectivity index (χ3v) is 6.91. The monoisotopic (exact) mass is 425 g/mol. The zero-order chi connectivity index (χ0) is 22.2. The molecule has 166 valence electrons. The number of quaternary nitrogens is 1. The summed E-state index contributed by atoms with van der Waals surface area (Å²) in [6, 6.07) is 7.46. The van der Waals surface area contributed by atoms with E-state index in [9.17, 15) is 4.79 Å². The molecule has 1 atom stereocenters. The summed E-state index contributed by atoms with van der Waals surface area (Å²) in [6.07, 6.45) is 3.14. The number of hydrogen-bond donors (Lipinski definition) is 2. The molecule has 0 radical (unpaired) electrons. The number of rotatable bonds is 6. The van der Waals surface area contributed by atoms with Crippen molar-refractivity contribution in [2.45, 2.75) is 58.5 Å². The van der Waals surface area contributed by atoms with Gasteiger partial charge >= 0.3 is 0 Å². The van der Waals surface area contributed by atoms with Crippen molar-refractivity contribution in [2.75, 3.05) is 20.2 Å². The molecule has 0 bridgehead atoms. The van der Waals surface area contributed by atoms with Crippen molar-refractivity contribution in [1.82, 2.24) is 25.2 Å². The third-order valence-electron chi connectivity index (χ3n) is 6.91. The standard InChI is InChI=1S/C23H32N6O2/c1-6-23(3,4)29-21(25-26-27-29)20(28-11-9-15(2)10-12-28)18-14-16-13-17(31-5)7-8-19(16)24-22(18)30/h7-8,13-15,20H,6,9-12H2,1-5H3,(H,24,30)/p+1/t20-/m1/s1. The van der Waals surface area contributed by atoms with Crippen LogP contribution in [0.3, 0.4) is 0 Å². The molecule has 3 heterocycles. The number of aromatic amines is 1. The fourth-order valence-electron chi connectivity index (χ4n) is 4.46. The van der Waals surface area contributed by atoms with Crippen LogP contribution in [-0.2, 0) is 5.54 Å². The lowest BCUT2D eigenvalue weighted by Gasteiger charge is -2.34. The zero-order valence-electron chi connectivity index (χ0n) is 19.1. The summed E-state index contributed by atoms with van der Waals surface area (Å²) in [5.74, 6) is 2.22. The van der Waals surface area contributed by atoms with E-state index in [0.29, 0.717) is 11.5 Å². The lowest BCUT2D eigenvalue weighted by molar-refractivity contribution is -0.932. The molecular weight excluding hydrogens is 392 g/mol. The van der Waals surface area contributed by atoms with Crippen LogP contribution in [0.5, 0.6) is 5.75 Å². The van der Waals surface area contributed by atoms with Crippen LogP contribution in [0.4, 0.5) is 0 Å². The number of aromatic nitrogens is 5. The SMILES string of the molecule is CCC(C)(C)n1nnnc1[C@@H](c1cc2cc(OC)ccc2[nH]c1=O)[NH+]1CCC(C)CC1. The Hall–Kier alpha value is -2.74. The van der Waals surface area contributed by atoms with Gasteiger partial charge < -0.3 is 14.6 Å². The third kappa shape index (κ3) is 4.08. The normalized spacial score (nSPS) is 20.7. The smallest absolute Gasteiger partial charge is 0.258 e. The summed E-state index contributed by atoms with van der Waals surface area (Å²) < 4.78 is 7.31. The highest BCUT2D eigenvalue weighted by Gasteiger charge is 2.38. The maximum atomic E-state index is 13.3. The van der Waals surface area contributed by atoms with Gasteiger partial charge in [0.1, 0.15) is 5.75 Å². The molecule has 8 heteroatoms. The molecule has 31 heavy (non-hydrogen) atoms. The van der Waals surface area contributed by atoms with E-state index < -0.39 is 0 Å². The van der Waals surface area contributed by atoms with Gasteiger partial charge in [0.15, 0.2) is 6.04 Å². The molecule has 0 spiro atoms. The molecule has 8 nitrogen and oxygen atoms in total. The Morgan fingerprint density at radius 1 is 1.29 bits per heavy atom. The first-order chi connectivity index (χ1) is 14.8. The van der Waals surface area contributed by atoms with E-state index >= 15 is 0 Å². The van der Waals surface area contributed by atoms with Crippen molar-refractivity contribution in [2.24, 2.45) is 5.92 Å². The van der Waals surface area contributed by atoms with Crippen molar-refractivity contribution in [3.8, 4) is 5.75 Å². The van der Waals surface area contributed by atoms with E-state index in [2.05, 4.69) is 48.2 Å². The number of nitrogens with one attached hydrogen (secondary N) is 2. The Morgan fingerprint density at radius 3 is 2.71 bits per heavy atom. The van der Waals surface area contributed by atoms with Crippen LogP contribution >= 0.6 is 0 Å². The average molecular weight is 426 g/mol. The topological polar surface area (TPSA) is 90.1 Å². The number of ether oxygens (including phenoxy) is 1. The lowest BCUT2D eigenvalue weighted by atomic mass is 9.94. The summed E-state index contributed by atoms with van der Waals surface area (Å²) >= 11 is 0. The number of fused-ring (bicyclic) bond motifs is 1. The predicted molar refractivity (Wildman–Crippen MR) is 119 cm³/mol. The van der Waals surface area contributed by atoms with Crippen molar-refractivity contribution in [1.29, 1.82) is 0 Å². The fraction of sp³-hybridized carbons (Fsp3) is 0.565. The minimum Gasteiger partial charge on any atom is -0.497 e. The van der Waals surface area contributed by atoms with E-state index in [0.717, 1.165) is 54.8 Å². The highest BCUT2D eigenvalue weighted by Crippen LogP contribution is 2.26. The van der Waals surface area contributed by atoms with Crippen LogP contribution < -0.4 is 15.2 Å². The van der Waals surface area contributed by atoms with Gasteiger partial charge in [-0.25, -0.2) is 4.68 Å². The molecule has 1 saturated heterocycles. The first kappa shape index (κ1) is 21.5. The van der Waals surface area contributed by atoms with E-state index in [4.69, 9.17) is 4.74 Å². The summed E-state index contributed by atoms with van der Waals surface area (Å²) in [5.41, 5.74) is 1.17. The summed E-state index contributed by atoms with van der Waals surface area (Å²) in [6.45, 7) is 10.7. The van der Waals surface area contributed by atoms with Gasteiger partial charge in [0.2, 0.25) is 5.82 Å². The first-order valence-corrected chi connectivity index (χ1v) is 11.2. The first-order valence-electron chi connectivity index (χ1n) is 11.2. The molecule has 4 rings (SSSR count). The molecule has 2 N–H and O–H groups in total. The van der Waals surface area contributed by atoms with Crippen LogP contribution in [0.25, 0.3) is 10.9 Å². The van der Waals surface area contributed by atoms with Gasteiger partial charge in [-0.15, -0.1) is 5.10 Å². The molecule has 0 unspecified atom stereocenters. The lowest BCUT2D eigenvalue weighted by Crippen LogP contribution is -3.13. The molecule has 1 aliphatic heterocycles. The van der Waals surface area contributed by atoms with Crippen molar-refractivity contribution >= 4 is 10.9 Å². The van der Waals surface area contributed by atoms with Crippen LogP contribution in [0.1, 0.15) is 64.4 Å². The Labute approximate surface area is 182 Å². The fourth-order valence-corrected chi connectivity index (χ4v) is 4.46. The number of tetrazole rings is 1. The number of pyridine rings is 1. The summed E-state index contributed by atoms with van der Waals surface area (Å²) in [7, 11) is 1.65. The number of likely N-dealkylation sites (tertiary alicyclic amines) is 1. The average Bonchev–Trinajstić information content (AvgIpc) is 3.25. The summed E-state index contributed by atoms with van der Waals surface area (Å²) in [4.78, 5) is 17.7. The summed E-state index contributed by atoms with van der Waals surface area (Å²) in [5, 5.41) is 13.8. The minimum atomic E-state index is -0.244. The number of benzene rings is 1. The van der Waals surface area contributed by atoms with Crippen LogP contribution in [0.15, 0.2) is 29.1 Å². The highest BCUT2D eigenvalue weighted by molar-refractivity contribution is 5.80. The number of methoxy groups -OCH3 is 1. The largest absolute Gasteiger partial charge is 0.497 e. The van der Waals surface area contributed by atoms with Crippen molar-refractivity contribution in [3.63, 3.8) is 0 Å². The molecule has 0 saturated carbocycles. The molecule has 0 amide bonds. The Bertz CT molecular complexity index is 1110. The Balaban J connectivity index is 1.89. The van der Waals surface area contributed by atoms with Crippen LogP contribution in [0.2, 0.25) is 0 Å². The van der Waals surface area contributed by atoms with Gasteiger partial charge in [-0.2, -0.15) is 0 Å². The van der Waals surface area contributed by atoms with E-state index in [1.807, 2.05) is 28.9 Å². The minimum absolute atomic E-state index is 0.0855. The van der Waals surface area contributed by atoms with Crippen LogP contribution in [-0.4, -0.2) is 45.4 Å². The second-order valence-corrected chi connectivity index (χ2v) is 9.40. The van der Waals surface area contributed by atoms with Gasteiger partial charge in [0.25, 0.3) is 5.56 Å². The maximum absolute atomic E-state index is 13.3. The van der Waals surface area contributed by atoms with Gasteiger partial charge in [0.05, 0.1) is 31.3 Å². The molecule has 3 aromatic rings. The molecule has 1 aliphatic rings. The number of H-pyrrole nitrogens is 1. The number of piperidine rings is 1. The van der Waals surface area contributed by atoms with Gasteiger partial charge in [-0.1, -0.05) is 13.8 Å². The predicted octanol–water partition coefficient (Wildman–Crippen LogP) is 2.07. The van der Waals surface area contributed by atoms with Crippen molar-refractivity contribution in [3.05, 3.63) is 46.0 Å². The molecule has 2 aromatic heterocycles.